The van der Waals surface area contributed by atoms with E-state index >= 15 is 0 Å². The topological polar surface area (TPSA) is 75.7 Å². The standard InChI is InChI=1S/C26H28N2O4S/c1-18-13-14-19(2)25(15-18)33(30,31)27-23-12-8-7-11-22(23)26(29)28-16-20(3)32-24(17-28)21-9-5-4-6-10-21/h4-15,20,24,27H,16-17H2,1-3H3. The summed E-state index contributed by atoms with van der Waals surface area (Å²) in [5.74, 6) is -0.231. The van der Waals surface area contributed by atoms with E-state index in [0.717, 1.165) is 11.1 Å². The Morgan fingerprint density at radius 2 is 1.67 bits per heavy atom. The summed E-state index contributed by atoms with van der Waals surface area (Å²) in [6.07, 6.45) is -0.385. The van der Waals surface area contributed by atoms with Gasteiger partial charge in [0.25, 0.3) is 15.9 Å². The molecule has 172 valence electrons. The van der Waals surface area contributed by atoms with Gasteiger partial charge in [0, 0.05) is 6.54 Å². The van der Waals surface area contributed by atoms with Crippen molar-refractivity contribution in [2.75, 3.05) is 17.8 Å². The van der Waals surface area contributed by atoms with Crippen LogP contribution in [0.2, 0.25) is 0 Å². The Kier molecular flexibility index (Phi) is 6.54. The van der Waals surface area contributed by atoms with Crippen LogP contribution in [0.25, 0.3) is 0 Å². The molecule has 1 saturated heterocycles. The third-order valence-corrected chi connectivity index (χ3v) is 7.26. The molecule has 1 amide bonds. The number of nitrogens with zero attached hydrogens (tertiary/aromatic N) is 1. The van der Waals surface area contributed by atoms with E-state index in [1.54, 1.807) is 48.2 Å². The summed E-state index contributed by atoms with van der Waals surface area (Å²) in [4.78, 5) is 15.5. The summed E-state index contributed by atoms with van der Waals surface area (Å²) in [6.45, 7) is 6.36. The number of hydrogen-bond donors (Lipinski definition) is 1. The summed E-state index contributed by atoms with van der Waals surface area (Å²) in [5.41, 5.74) is 3.07. The number of rotatable bonds is 5. The smallest absolute Gasteiger partial charge is 0.262 e. The molecule has 1 heterocycles. The van der Waals surface area contributed by atoms with Crippen molar-refractivity contribution in [1.29, 1.82) is 0 Å². The van der Waals surface area contributed by atoms with Gasteiger partial charge in [-0.15, -0.1) is 0 Å². The number of morpholine rings is 1. The predicted molar refractivity (Wildman–Crippen MR) is 129 cm³/mol. The molecule has 1 aliphatic heterocycles. The fourth-order valence-corrected chi connectivity index (χ4v) is 5.50. The first-order valence-electron chi connectivity index (χ1n) is 10.9. The van der Waals surface area contributed by atoms with Crippen LogP contribution in [0.4, 0.5) is 5.69 Å². The summed E-state index contributed by atoms with van der Waals surface area (Å²) < 4.78 is 35.0. The monoisotopic (exact) mass is 464 g/mol. The molecule has 0 aromatic heterocycles. The number of para-hydroxylation sites is 1. The lowest BCUT2D eigenvalue weighted by Gasteiger charge is -2.37. The van der Waals surface area contributed by atoms with Gasteiger partial charge in [-0.05, 0) is 55.7 Å². The summed E-state index contributed by atoms with van der Waals surface area (Å²) in [6, 6.07) is 21.8. The zero-order valence-electron chi connectivity index (χ0n) is 19.0. The van der Waals surface area contributed by atoms with Gasteiger partial charge in [-0.25, -0.2) is 8.42 Å². The fourth-order valence-electron chi connectivity index (χ4n) is 4.09. The van der Waals surface area contributed by atoms with Crippen LogP contribution in [0, 0.1) is 13.8 Å². The zero-order valence-corrected chi connectivity index (χ0v) is 19.8. The normalized spacial score (nSPS) is 18.7. The Morgan fingerprint density at radius 1 is 0.970 bits per heavy atom. The molecule has 7 heteroatoms. The molecule has 2 unspecified atom stereocenters. The summed E-state index contributed by atoms with van der Waals surface area (Å²) in [5, 5.41) is 0. The molecule has 0 spiro atoms. The minimum Gasteiger partial charge on any atom is -0.367 e. The second kappa shape index (κ2) is 9.37. The van der Waals surface area contributed by atoms with E-state index in [1.807, 2.05) is 50.2 Å². The third-order valence-electron chi connectivity index (χ3n) is 5.75. The van der Waals surface area contributed by atoms with Gasteiger partial charge in [-0.1, -0.05) is 54.6 Å². The molecule has 3 aromatic rings. The molecule has 0 saturated carbocycles. The van der Waals surface area contributed by atoms with Crippen LogP contribution in [-0.4, -0.2) is 38.4 Å². The Bertz CT molecular complexity index is 1260. The van der Waals surface area contributed by atoms with Crippen molar-refractivity contribution in [1.82, 2.24) is 4.90 Å². The highest BCUT2D eigenvalue weighted by Crippen LogP contribution is 2.29. The quantitative estimate of drug-likeness (QED) is 0.594. The number of aryl methyl sites for hydroxylation is 2. The second-order valence-corrected chi connectivity index (χ2v) is 10.1. The van der Waals surface area contributed by atoms with Gasteiger partial charge in [0.1, 0.15) is 6.10 Å². The van der Waals surface area contributed by atoms with Gasteiger partial charge in [0.15, 0.2) is 0 Å². The first kappa shape index (κ1) is 23.0. The van der Waals surface area contributed by atoms with Gasteiger partial charge < -0.3 is 9.64 Å². The first-order chi connectivity index (χ1) is 15.7. The van der Waals surface area contributed by atoms with Crippen LogP contribution in [0.15, 0.2) is 77.7 Å². The zero-order chi connectivity index (χ0) is 23.6. The number of carbonyl (C=O) groups excluding carboxylic acids is 1. The van der Waals surface area contributed by atoms with E-state index in [-0.39, 0.29) is 28.7 Å². The second-order valence-electron chi connectivity index (χ2n) is 8.48. The molecular weight excluding hydrogens is 436 g/mol. The van der Waals surface area contributed by atoms with E-state index in [4.69, 9.17) is 4.74 Å². The van der Waals surface area contributed by atoms with E-state index in [0.29, 0.717) is 24.2 Å². The van der Waals surface area contributed by atoms with Crippen molar-refractivity contribution in [2.45, 2.75) is 37.9 Å². The van der Waals surface area contributed by atoms with Gasteiger partial charge in [0.05, 0.1) is 28.8 Å². The predicted octanol–water partition coefficient (Wildman–Crippen LogP) is 4.71. The molecular formula is C26H28N2O4S. The molecule has 1 aliphatic rings. The molecule has 0 bridgehead atoms. The highest BCUT2D eigenvalue weighted by molar-refractivity contribution is 7.92. The Labute approximate surface area is 195 Å². The maximum absolute atomic E-state index is 13.5. The average molecular weight is 465 g/mol. The van der Waals surface area contributed by atoms with Gasteiger partial charge in [0.2, 0.25) is 0 Å². The van der Waals surface area contributed by atoms with E-state index in [1.165, 1.54) is 0 Å². The van der Waals surface area contributed by atoms with Crippen molar-refractivity contribution in [3.63, 3.8) is 0 Å². The number of benzene rings is 3. The van der Waals surface area contributed by atoms with Crippen LogP contribution < -0.4 is 4.72 Å². The van der Waals surface area contributed by atoms with E-state index in [2.05, 4.69) is 4.72 Å². The summed E-state index contributed by atoms with van der Waals surface area (Å²) >= 11 is 0. The maximum Gasteiger partial charge on any atom is 0.262 e. The Hall–Kier alpha value is -3.16. The highest BCUT2D eigenvalue weighted by atomic mass is 32.2. The van der Waals surface area contributed by atoms with Crippen molar-refractivity contribution >= 4 is 21.6 Å². The van der Waals surface area contributed by atoms with Crippen LogP contribution in [0.5, 0.6) is 0 Å². The molecule has 4 rings (SSSR count). The van der Waals surface area contributed by atoms with Crippen molar-refractivity contribution in [2.24, 2.45) is 0 Å². The van der Waals surface area contributed by atoms with Gasteiger partial charge in [-0.2, -0.15) is 0 Å². The van der Waals surface area contributed by atoms with Crippen molar-refractivity contribution < 1.29 is 17.9 Å². The lowest BCUT2D eigenvalue weighted by molar-refractivity contribution is -0.0691. The number of hydrogen-bond acceptors (Lipinski definition) is 4. The molecule has 1 fully saturated rings. The fraction of sp³-hybridized carbons (Fsp3) is 0.269. The first-order valence-corrected chi connectivity index (χ1v) is 12.4. The van der Waals surface area contributed by atoms with Gasteiger partial charge >= 0.3 is 0 Å². The number of carbonyl (C=O) groups is 1. The number of sulfonamides is 1. The molecule has 33 heavy (non-hydrogen) atoms. The van der Waals surface area contributed by atoms with Crippen LogP contribution in [0.3, 0.4) is 0 Å². The molecule has 2 atom stereocenters. The van der Waals surface area contributed by atoms with E-state index in [9.17, 15) is 13.2 Å². The largest absolute Gasteiger partial charge is 0.367 e. The molecule has 0 radical (unpaired) electrons. The van der Waals surface area contributed by atoms with Crippen molar-refractivity contribution in [3.8, 4) is 0 Å². The Balaban J connectivity index is 1.61. The molecule has 3 aromatic carbocycles. The number of anilines is 1. The minimum absolute atomic E-state index is 0.147. The molecule has 1 N–H and O–H groups in total. The third kappa shape index (κ3) is 5.10. The SMILES string of the molecule is Cc1ccc(C)c(S(=O)(=O)Nc2ccccc2C(=O)N2CC(C)OC(c3ccccc3)C2)c1. The lowest BCUT2D eigenvalue weighted by atomic mass is 10.1. The van der Waals surface area contributed by atoms with Crippen LogP contribution >= 0.6 is 0 Å². The maximum atomic E-state index is 13.5. The van der Waals surface area contributed by atoms with Crippen LogP contribution in [0.1, 0.15) is 40.1 Å². The minimum atomic E-state index is -3.86. The van der Waals surface area contributed by atoms with Gasteiger partial charge in [-0.3, -0.25) is 9.52 Å². The van der Waals surface area contributed by atoms with Crippen LogP contribution in [-0.2, 0) is 14.8 Å². The number of nitrogens with one attached hydrogen (secondary N) is 1. The lowest BCUT2D eigenvalue weighted by Crippen LogP contribution is -2.46. The Morgan fingerprint density at radius 3 is 2.42 bits per heavy atom. The summed E-state index contributed by atoms with van der Waals surface area (Å²) in [7, 11) is -3.86. The number of ether oxygens (including phenoxy) is 1. The molecule has 6 nitrogen and oxygen atoms in total. The number of amides is 1. The molecule has 0 aliphatic carbocycles. The van der Waals surface area contributed by atoms with E-state index < -0.39 is 10.0 Å². The van der Waals surface area contributed by atoms with Crippen molar-refractivity contribution in [3.05, 3.63) is 95.1 Å². The highest BCUT2D eigenvalue weighted by Gasteiger charge is 2.31. The average Bonchev–Trinajstić information content (AvgIpc) is 2.80.